The molecule has 0 amide bonds. The summed E-state index contributed by atoms with van der Waals surface area (Å²) in [5, 5.41) is 20.8. The lowest BCUT2D eigenvalue weighted by molar-refractivity contribution is -0.392. The maximum atomic E-state index is 13.6. The van der Waals surface area contributed by atoms with Crippen molar-refractivity contribution >= 4 is 56.1 Å². The highest BCUT2D eigenvalue weighted by Gasteiger charge is 2.47. The molecular formula is C19H8Cl2F6N4O6S. The number of pyridine rings is 1. The Kier molecular flexibility index (Phi) is 7.50. The number of benzene rings is 2. The van der Waals surface area contributed by atoms with Gasteiger partial charge < -0.3 is 0 Å². The molecule has 0 atom stereocenters. The minimum atomic E-state index is -5.47. The van der Waals surface area contributed by atoms with E-state index in [1.54, 1.807) is 0 Å². The first kappa shape index (κ1) is 28.9. The molecule has 0 saturated heterocycles. The van der Waals surface area contributed by atoms with Crippen LogP contribution in [-0.2, 0) is 22.4 Å². The lowest BCUT2D eigenvalue weighted by atomic mass is 10.1. The number of nitro groups is 2. The van der Waals surface area contributed by atoms with Crippen molar-refractivity contribution in [1.29, 1.82) is 0 Å². The fourth-order valence-corrected chi connectivity index (χ4v) is 5.23. The largest absolute Gasteiger partial charge is 0.418 e. The van der Waals surface area contributed by atoms with Crippen molar-refractivity contribution in [2.45, 2.75) is 17.2 Å². The third-order valence-corrected chi connectivity index (χ3v) is 7.07. The van der Waals surface area contributed by atoms with Crippen LogP contribution in [0.25, 0.3) is 0 Å². The summed E-state index contributed by atoms with van der Waals surface area (Å²) < 4.78 is 107. The molecule has 202 valence electrons. The number of nitro benzene ring substituents is 2. The fourth-order valence-electron chi connectivity index (χ4n) is 3.11. The molecule has 3 rings (SSSR count). The standard InChI is InChI=1S/C19H8Cl2F6N4O6S/c20-12-6-9(18(22,23)24)8-28-17(12)29(38(36,37)10-4-2-1-3-5-10)15-13(30(32)33)7-11(19(25,26)27)14(21)16(15)31(34)35/h1-8H. The van der Waals surface area contributed by atoms with Crippen LogP contribution in [0.3, 0.4) is 0 Å². The number of hydrogen-bond donors (Lipinski definition) is 0. The normalized spacial score (nSPS) is 12.3. The molecule has 10 nitrogen and oxygen atoms in total. The first-order valence-corrected chi connectivity index (χ1v) is 11.6. The third-order valence-electron chi connectivity index (χ3n) is 4.70. The lowest BCUT2D eigenvalue weighted by Crippen LogP contribution is -2.29. The van der Waals surface area contributed by atoms with E-state index in [0.29, 0.717) is 0 Å². The number of halogens is 8. The van der Waals surface area contributed by atoms with E-state index in [1.807, 2.05) is 0 Å². The van der Waals surface area contributed by atoms with Gasteiger partial charge in [-0.15, -0.1) is 0 Å². The zero-order valence-electron chi connectivity index (χ0n) is 17.8. The van der Waals surface area contributed by atoms with E-state index in [-0.39, 0.29) is 22.6 Å². The van der Waals surface area contributed by atoms with Gasteiger partial charge in [0, 0.05) is 12.3 Å². The van der Waals surface area contributed by atoms with E-state index in [9.17, 15) is 55.0 Å². The van der Waals surface area contributed by atoms with E-state index in [2.05, 4.69) is 4.98 Å². The van der Waals surface area contributed by atoms with Crippen LogP contribution in [0.1, 0.15) is 11.1 Å². The summed E-state index contributed by atoms with van der Waals surface area (Å²) in [6.07, 6.45) is -10.5. The zero-order valence-corrected chi connectivity index (χ0v) is 20.1. The molecule has 0 saturated carbocycles. The maximum absolute atomic E-state index is 13.6. The average Bonchev–Trinajstić information content (AvgIpc) is 2.78. The Morgan fingerprint density at radius 3 is 1.92 bits per heavy atom. The average molecular weight is 605 g/mol. The van der Waals surface area contributed by atoms with Crippen LogP contribution in [0.4, 0.5) is 49.2 Å². The minimum Gasteiger partial charge on any atom is -0.258 e. The quantitative estimate of drug-likeness (QED) is 0.172. The van der Waals surface area contributed by atoms with Crippen molar-refractivity contribution in [3.63, 3.8) is 0 Å². The molecule has 0 bridgehead atoms. The molecule has 3 aromatic rings. The van der Waals surface area contributed by atoms with Gasteiger partial charge in [-0.25, -0.2) is 17.7 Å². The second-order valence-corrected chi connectivity index (χ2v) is 9.65. The molecule has 0 aliphatic rings. The molecule has 1 aromatic heterocycles. The summed E-state index contributed by atoms with van der Waals surface area (Å²) in [7, 11) is -5.30. The highest BCUT2D eigenvalue weighted by molar-refractivity contribution is 7.93. The molecule has 38 heavy (non-hydrogen) atoms. The smallest absolute Gasteiger partial charge is 0.258 e. The fraction of sp³-hybridized carbons (Fsp3) is 0.105. The van der Waals surface area contributed by atoms with Crippen molar-refractivity contribution in [3.8, 4) is 0 Å². The minimum absolute atomic E-state index is 0.0675. The van der Waals surface area contributed by atoms with Crippen LogP contribution in [0.15, 0.2) is 53.6 Å². The molecule has 0 aliphatic carbocycles. The van der Waals surface area contributed by atoms with Crippen molar-refractivity contribution in [3.05, 3.63) is 90.1 Å². The maximum Gasteiger partial charge on any atom is 0.418 e. The van der Waals surface area contributed by atoms with Crippen LogP contribution >= 0.6 is 23.2 Å². The van der Waals surface area contributed by atoms with Gasteiger partial charge in [0.2, 0.25) is 5.69 Å². The number of sulfonamides is 1. The highest BCUT2D eigenvalue weighted by atomic mass is 35.5. The number of rotatable bonds is 6. The molecular weight excluding hydrogens is 597 g/mol. The molecule has 0 spiro atoms. The van der Waals surface area contributed by atoms with Gasteiger partial charge in [-0.05, 0) is 18.2 Å². The first-order chi connectivity index (χ1) is 17.4. The third kappa shape index (κ3) is 5.30. The second-order valence-electron chi connectivity index (χ2n) is 7.08. The molecule has 0 unspecified atom stereocenters. The molecule has 19 heteroatoms. The lowest BCUT2D eigenvalue weighted by Gasteiger charge is -2.25. The summed E-state index contributed by atoms with van der Waals surface area (Å²) in [4.78, 5) is 23.1. The van der Waals surface area contributed by atoms with Crippen molar-refractivity contribution in [2.75, 3.05) is 4.31 Å². The van der Waals surface area contributed by atoms with E-state index in [1.165, 1.54) is 6.07 Å². The van der Waals surface area contributed by atoms with Crippen molar-refractivity contribution < 1.29 is 44.6 Å². The van der Waals surface area contributed by atoms with E-state index in [4.69, 9.17) is 23.2 Å². The van der Waals surface area contributed by atoms with Gasteiger partial charge >= 0.3 is 23.7 Å². The van der Waals surface area contributed by atoms with Crippen LogP contribution in [0, 0.1) is 20.2 Å². The van der Waals surface area contributed by atoms with Crippen LogP contribution < -0.4 is 4.31 Å². The highest BCUT2D eigenvalue weighted by Crippen LogP contribution is 2.52. The Hall–Kier alpha value is -3.70. The number of hydrogen-bond acceptors (Lipinski definition) is 7. The monoisotopic (exact) mass is 604 g/mol. The zero-order chi connectivity index (χ0) is 28.8. The molecule has 0 aliphatic heterocycles. The Bertz CT molecular complexity index is 1550. The summed E-state index contributed by atoms with van der Waals surface area (Å²) in [6.45, 7) is 0. The number of alkyl halides is 6. The Balaban J connectivity index is 2.58. The Labute approximate surface area is 217 Å². The topological polar surface area (TPSA) is 137 Å². The van der Waals surface area contributed by atoms with Crippen LogP contribution in [0.5, 0.6) is 0 Å². The molecule has 0 fully saturated rings. The number of anilines is 2. The molecule has 1 heterocycles. The number of aromatic nitrogens is 1. The van der Waals surface area contributed by atoms with E-state index >= 15 is 0 Å². The van der Waals surface area contributed by atoms with Gasteiger partial charge in [0.25, 0.3) is 10.0 Å². The molecule has 0 radical (unpaired) electrons. The summed E-state index contributed by atoms with van der Waals surface area (Å²) >= 11 is 11.5. The Morgan fingerprint density at radius 2 is 1.47 bits per heavy atom. The van der Waals surface area contributed by atoms with Gasteiger partial charge in [0.1, 0.15) is 5.02 Å². The SMILES string of the molecule is O=[N+]([O-])c1cc(C(F)(F)F)c(Cl)c([N+](=O)[O-])c1N(c1ncc(C(F)(F)F)cc1Cl)S(=O)(=O)c1ccccc1. The Morgan fingerprint density at radius 1 is 0.895 bits per heavy atom. The summed E-state index contributed by atoms with van der Waals surface area (Å²) in [5.41, 5.74) is -8.89. The summed E-state index contributed by atoms with van der Waals surface area (Å²) in [5.74, 6) is -1.23. The van der Waals surface area contributed by atoms with Crippen LogP contribution in [0.2, 0.25) is 10.0 Å². The molecule has 0 N–H and O–H groups in total. The number of nitrogens with zero attached hydrogens (tertiary/aromatic N) is 4. The first-order valence-electron chi connectivity index (χ1n) is 9.44. The summed E-state index contributed by atoms with van der Waals surface area (Å²) in [6, 6.07) is 5.32. The van der Waals surface area contributed by atoms with Gasteiger partial charge in [0.15, 0.2) is 5.82 Å². The van der Waals surface area contributed by atoms with Gasteiger partial charge in [-0.1, -0.05) is 41.4 Å². The predicted molar refractivity (Wildman–Crippen MR) is 120 cm³/mol. The van der Waals surface area contributed by atoms with Crippen LogP contribution in [-0.4, -0.2) is 23.2 Å². The van der Waals surface area contributed by atoms with E-state index in [0.717, 1.165) is 24.3 Å². The predicted octanol–water partition coefficient (Wildman–Crippen LogP) is 6.77. The van der Waals surface area contributed by atoms with Crippen molar-refractivity contribution in [1.82, 2.24) is 4.98 Å². The van der Waals surface area contributed by atoms with E-state index < -0.39 is 81.2 Å². The van der Waals surface area contributed by atoms with Gasteiger partial charge in [0.05, 0.1) is 30.9 Å². The molecule has 2 aromatic carbocycles. The van der Waals surface area contributed by atoms with Crippen molar-refractivity contribution in [2.24, 2.45) is 0 Å². The second kappa shape index (κ2) is 9.88. The van der Waals surface area contributed by atoms with Gasteiger partial charge in [-0.3, -0.25) is 20.2 Å². The van der Waals surface area contributed by atoms with Gasteiger partial charge in [-0.2, -0.15) is 26.3 Å².